The van der Waals surface area contributed by atoms with Crippen molar-refractivity contribution in [1.82, 2.24) is 14.9 Å². The van der Waals surface area contributed by atoms with Crippen LogP contribution < -0.4 is 20.3 Å². The van der Waals surface area contributed by atoms with Gasteiger partial charge in [0.15, 0.2) is 0 Å². The van der Waals surface area contributed by atoms with Crippen molar-refractivity contribution in [2.24, 2.45) is 4.99 Å². The number of aryl methyl sites for hydroxylation is 2. The number of halogens is 4. The van der Waals surface area contributed by atoms with Gasteiger partial charge < -0.3 is 19.9 Å². The SMILES string of the molecule is Cc1cc(C)nc(N/C(=N/C(=S)Nc2cccc(OC(F)(F)F)c2)N2CCN(c3ccc(Cl)cc3)CC2)n1. The monoisotopic (exact) mass is 563 g/mol. The highest BCUT2D eigenvalue weighted by Crippen LogP contribution is 2.25. The van der Waals surface area contributed by atoms with E-state index in [1.165, 1.54) is 18.2 Å². The summed E-state index contributed by atoms with van der Waals surface area (Å²) in [5.41, 5.74) is 2.94. The molecule has 0 radical (unpaired) electrons. The first kappa shape index (κ1) is 27.4. The maximum Gasteiger partial charge on any atom is 0.573 e. The van der Waals surface area contributed by atoms with Crippen LogP contribution >= 0.6 is 23.8 Å². The zero-order valence-corrected chi connectivity index (χ0v) is 22.2. The molecule has 200 valence electrons. The Hall–Kier alpha value is -3.64. The van der Waals surface area contributed by atoms with Gasteiger partial charge in [-0.25, -0.2) is 9.97 Å². The molecule has 1 aliphatic rings. The fourth-order valence-corrected chi connectivity index (χ4v) is 4.24. The first-order chi connectivity index (χ1) is 18.0. The lowest BCUT2D eigenvalue weighted by Gasteiger charge is -2.37. The molecule has 1 aromatic heterocycles. The van der Waals surface area contributed by atoms with Gasteiger partial charge in [-0.2, -0.15) is 4.99 Å². The van der Waals surface area contributed by atoms with Crippen molar-refractivity contribution in [2.75, 3.05) is 41.7 Å². The molecule has 38 heavy (non-hydrogen) atoms. The van der Waals surface area contributed by atoms with Gasteiger partial charge >= 0.3 is 6.36 Å². The molecule has 0 saturated carbocycles. The fourth-order valence-electron chi connectivity index (χ4n) is 3.91. The third-order valence-electron chi connectivity index (χ3n) is 5.50. The highest BCUT2D eigenvalue weighted by Gasteiger charge is 2.31. The summed E-state index contributed by atoms with van der Waals surface area (Å²) in [6.45, 7) is 6.40. The molecule has 0 unspecified atom stereocenters. The Morgan fingerprint density at radius 1 is 0.974 bits per heavy atom. The number of hydrogen-bond donors (Lipinski definition) is 2. The Kier molecular flexibility index (Phi) is 8.52. The van der Waals surface area contributed by atoms with E-state index in [9.17, 15) is 13.2 Å². The summed E-state index contributed by atoms with van der Waals surface area (Å²) < 4.78 is 41.8. The molecule has 2 aromatic carbocycles. The largest absolute Gasteiger partial charge is 0.573 e. The molecular formula is C25H25ClF3N7OS. The molecule has 1 aliphatic heterocycles. The second-order valence-corrected chi connectivity index (χ2v) is 9.31. The van der Waals surface area contributed by atoms with Crippen LogP contribution in [0.2, 0.25) is 5.02 Å². The van der Waals surface area contributed by atoms with Gasteiger partial charge in [0.1, 0.15) is 5.75 Å². The molecule has 1 saturated heterocycles. The quantitative estimate of drug-likeness (QED) is 0.240. The molecule has 2 N–H and O–H groups in total. The van der Waals surface area contributed by atoms with Gasteiger partial charge in [0, 0.05) is 60.0 Å². The van der Waals surface area contributed by atoms with Gasteiger partial charge in [0.05, 0.1) is 0 Å². The first-order valence-corrected chi connectivity index (χ1v) is 12.4. The topological polar surface area (TPSA) is 77.9 Å². The van der Waals surface area contributed by atoms with E-state index in [0.717, 1.165) is 17.1 Å². The van der Waals surface area contributed by atoms with Gasteiger partial charge in [-0.05, 0) is 68.5 Å². The average molecular weight is 564 g/mol. The molecule has 13 heteroatoms. The van der Waals surface area contributed by atoms with Crippen molar-refractivity contribution in [3.63, 3.8) is 0 Å². The van der Waals surface area contributed by atoms with E-state index in [4.69, 9.17) is 23.8 Å². The number of alkyl halides is 3. The van der Waals surface area contributed by atoms with Crippen LogP contribution in [0.3, 0.4) is 0 Å². The predicted molar refractivity (Wildman–Crippen MR) is 147 cm³/mol. The summed E-state index contributed by atoms with van der Waals surface area (Å²) in [6.07, 6.45) is -4.80. The molecule has 3 aromatic rings. The summed E-state index contributed by atoms with van der Waals surface area (Å²) >= 11 is 11.4. The minimum Gasteiger partial charge on any atom is -0.406 e. The Bertz CT molecular complexity index is 1290. The number of aromatic nitrogens is 2. The number of thiocarbonyl (C=S) groups is 1. The Morgan fingerprint density at radius 3 is 2.26 bits per heavy atom. The maximum absolute atomic E-state index is 12.6. The van der Waals surface area contributed by atoms with Crippen molar-refractivity contribution in [2.45, 2.75) is 20.2 Å². The Labute approximate surface area is 228 Å². The first-order valence-electron chi connectivity index (χ1n) is 11.6. The summed E-state index contributed by atoms with van der Waals surface area (Å²) in [5, 5.41) is 6.74. The average Bonchev–Trinajstić information content (AvgIpc) is 2.83. The van der Waals surface area contributed by atoms with E-state index in [2.05, 4.69) is 35.2 Å². The van der Waals surface area contributed by atoms with Crippen LogP contribution in [0.5, 0.6) is 5.75 Å². The lowest BCUT2D eigenvalue weighted by atomic mass is 10.2. The lowest BCUT2D eigenvalue weighted by Crippen LogP contribution is -2.51. The van der Waals surface area contributed by atoms with Crippen molar-refractivity contribution in [3.8, 4) is 5.75 Å². The summed E-state index contributed by atoms with van der Waals surface area (Å²) in [4.78, 5) is 17.7. The third kappa shape index (κ3) is 7.93. The lowest BCUT2D eigenvalue weighted by molar-refractivity contribution is -0.274. The number of rotatable bonds is 4. The second kappa shape index (κ2) is 11.8. The summed E-state index contributed by atoms with van der Waals surface area (Å²) in [6, 6.07) is 14.9. The van der Waals surface area contributed by atoms with Crippen LogP contribution in [0.15, 0.2) is 59.6 Å². The highest BCUT2D eigenvalue weighted by molar-refractivity contribution is 7.80. The number of nitrogens with one attached hydrogen (secondary N) is 2. The van der Waals surface area contributed by atoms with Gasteiger partial charge in [-0.3, -0.25) is 5.32 Å². The number of nitrogens with zero attached hydrogens (tertiary/aromatic N) is 5. The van der Waals surface area contributed by atoms with E-state index in [-0.39, 0.29) is 10.9 Å². The van der Waals surface area contributed by atoms with Crippen molar-refractivity contribution < 1.29 is 17.9 Å². The normalized spacial score (nSPS) is 14.3. The van der Waals surface area contributed by atoms with Crippen LogP contribution in [0, 0.1) is 13.8 Å². The van der Waals surface area contributed by atoms with E-state index in [1.807, 2.05) is 49.1 Å². The predicted octanol–water partition coefficient (Wildman–Crippen LogP) is 5.63. The van der Waals surface area contributed by atoms with E-state index < -0.39 is 6.36 Å². The third-order valence-corrected chi connectivity index (χ3v) is 5.95. The molecule has 0 bridgehead atoms. The number of anilines is 3. The van der Waals surface area contributed by atoms with E-state index in [1.54, 1.807) is 6.07 Å². The number of hydrogen-bond acceptors (Lipinski definition) is 5. The molecular weight excluding hydrogens is 539 g/mol. The van der Waals surface area contributed by atoms with Crippen LogP contribution in [0.1, 0.15) is 11.4 Å². The van der Waals surface area contributed by atoms with Crippen molar-refractivity contribution >= 4 is 52.2 Å². The fraction of sp³-hybridized carbons (Fsp3) is 0.280. The van der Waals surface area contributed by atoms with Crippen LogP contribution in [-0.4, -0.2) is 58.5 Å². The Morgan fingerprint density at radius 2 is 1.63 bits per heavy atom. The molecule has 8 nitrogen and oxygen atoms in total. The highest BCUT2D eigenvalue weighted by atomic mass is 35.5. The van der Waals surface area contributed by atoms with Crippen LogP contribution in [0.4, 0.5) is 30.5 Å². The molecule has 4 rings (SSSR count). The molecule has 0 amide bonds. The number of benzene rings is 2. The molecule has 1 fully saturated rings. The second-order valence-electron chi connectivity index (χ2n) is 8.49. The zero-order chi connectivity index (χ0) is 27.3. The van der Waals surface area contributed by atoms with Crippen molar-refractivity contribution in [3.05, 3.63) is 71.0 Å². The number of ether oxygens (including phenoxy) is 1. The van der Waals surface area contributed by atoms with Crippen molar-refractivity contribution in [1.29, 1.82) is 0 Å². The molecule has 0 atom stereocenters. The Balaban J connectivity index is 1.52. The van der Waals surface area contributed by atoms with Gasteiger partial charge in [-0.15, -0.1) is 13.2 Å². The number of aliphatic imine (C=N–C) groups is 1. The van der Waals surface area contributed by atoms with Crippen LogP contribution in [0.25, 0.3) is 0 Å². The maximum atomic E-state index is 12.6. The molecule has 2 heterocycles. The van der Waals surface area contributed by atoms with Crippen LogP contribution in [-0.2, 0) is 0 Å². The van der Waals surface area contributed by atoms with Gasteiger partial charge in [0.25, 0.3) is 0 Å². The van der Waals surface area contributed by atoms with Gasteiger partial charge in [0.2, 0.25) is 17.0 Å². The smallest absolute Gasteiger partial charge is 0.406 e. The minimum atomic E-state index is -4.80. The van der Waals surface area contributed by atoms with E-state index >= 15 is 0 Å². The standard InChI is InChI=1S/C25H25ClF3N7OS/c1-16-14-17(2)31-22(30-16)33-23(36-12-10-35(11-13-36)20-8-6-18(26)7-9-20)34-24(38)32-19-4-3-5-21(15-19)37-25(27,28)29/h3-9,14-15H,10-13H2,1-2H3,(H2,30,31,32,33,34,38). The van der Waals surface area contributed by atoms with E-state index in [0.29, 0.717) is 48.8 Å². The molecule has 0 aliphatic carbocycles. The number of piperazine rings is 1. The summed E-state index contributed by atoms with van der Waals surface area (Å²) in [5.74, 6) is 0.422. The zero-order valence-electron chi connectivity index (χ0n) is 20.6. The van der Waals surface area contributed by atoms with Gasteiger partial charge in [-0.1, -0.05) is 17.7 Å². The summed E-state index contributed by atoms with van der Waals surface area (Å²) in [7, 11) is 0. The minimum absolute atomic E-state index is 0.0427. The molecule has 0 spiro atoms. The number of guanidine groups is 1.